The minimum absolute atomic E-state index is 0.0335. The molecule has 4 nitrogen and oxygen atoms in total. The van der Waals surface area contributed by atoms with E-state index in [0.717, 1.165) is 15.8 Å². The average Bonchev–Trinajstić information content (AvgIpc) is 2.84. The van der Waals surface area contributed by atoms with Crippen LogP contribution in [0.25, 0.3) is 10.2 Å². The zero-order valence-electron chi connectivity index (χ0n) is 12.0. The molecule has 2 atom stereocenters. The molecule has 0 radical (unpaired) electrons. The van der Waals surface area contributed by atoms with Gasteiger partial charge >= 0.3 is 5.97 Å². The maximum Gasteiger partial charge on any atom is 0.320 e. The molecule has 2 aromatic rings. The third-order valence-corrected chi connectivity index (χ3v) is 4.13. The van der Waals surface area contributed by atoms with Crippen LogP contribution >= 0.6 is 11.3 Å². The molecule has 108 valence electrons. The van der Waals surface area contributed by atoms with Crippen molar-refractivity contribution < 1.29 is 9.90 Å². The lowest BCUT2D eigenvalue weighted by atomic mass is 10.0. The van der Waals surface area contributed by atoms with Crippen molar-refractivity contribution in [1.29, 1.82) is 0 Å². The van der Waals surface area contributed by atoms with Crippen molar-refractivity contribution in [1.82, 2.24) is 10.3 Å². The number of carboxylic acids is 1. The second kappa shape index (κ2) is 6.33. The van der Waals surface area contributed by atoms with E-state index in [1.807, 2.05) is 38.4 Å². The van der Waals surface area contributed by atoms with Gasteiger partial charge in [-0.3, -0.25) is 15.1 Å². The summed E-state index contributed by atoms with van der Waals surface area (Å²) in [7, 11) is 0. The van der Waals surface area contributed by atoms with Crippen LogP contribution in [0.2, 0.25) is 0 Å². The van der Waals surface area contributed by atoms with Crippen LogP contribution in [-0.4, -0.2) is 22.1 Å². The molecule has 0 spiro atoms. The number of rotatable bonds is 6. The van der Waals surface area contributed by atoms with E-state index in [-0.39, 0.29) is 6.04 Å². The van der Waals surface area contributed by atoms with Crippen molar-refractivity contribution >= 4 is 27.5 Å². The van der Waals surface area contributed by atoms with Crippen LogP contribution in [0, 0.1) is 5.92 Å². The number of carboxylic acid groups (broad SMARTS) is 1. The number of hydrogen-bond acceptors (Lipinski definition) is 4. The highest BCUT2D eigenvalue weighted by Gasteiger charge is 2.21. The van der Waals surface area contributed by atoms with Crippen LogP contribution in [0.5, 0.6) is 0 Å². The fourth-order valence-electron chi connectivity index (χ4n) is 2.21. The highest BCUT2D eigenvalue weighted by atomic mass is 32.1. The fourth-order valence-corrected chi connectivity index (χ4v) is 3.00. The topological polar surface area (TPSA) is 62.2 Å². The number of hydrogen-bond donors (Lipinski definition) is 2. The Kier molecular flexibility index (Phi) is 4.73. The average molecular weight is 292 g/mol. The fraction of sp³-hybridized carbons (Fsp3) is 0.467. The highest BCUT2D eigenvalue weighted by Crippen LogP contribution is 2.23. The second-order valence-electron chi connectivity index (χ2n) is 5.48. The molecule has 2 aromatic heterocycles. The standard InChI is InChI=1S/C15H20N2O2S/c1-9(2)6-13(15(18)19)17-10(3)11-7-14-12(16-8-11)4-5-20-14/h4-5,7-10,13,17H,6H2,1-3H3,(H,18,19). The maximum absolute atomic E-state index is 11.3. The van der Waals surface area contributed by atoms with E-state index in [0.29, 0.717) is 12.3 Å². The monoisotopic (exact) mass is 292 g/mol. The molecule has 0 saturated carbocycles. The first kappa shape index (κ1) is 14.9. The molecule has 0 aromatic carbocycles. The summed E-state index contributed by atoms with van der Waals surface area (Å²) < 4.78 is 1.13. The quantitative estimate of drug-likeness (QED) is 0.856. The van der Waals surface area contributed by atoms with E-state index in [1.54, 1.807) is 11.3 Å². The molecule has 0 aliphatic heterocycles. The smallest absolute Gasteiger partial charge is 0.320 e. The van der Waals surface area contributed by atoms with E-state index < -0.39 is 12.0 Å². The van der Waals surface area contributed by atoms with E-state index in [9.17, 15) is 9.90 Å². The van der Waals surface area contributed by atoms with Gasteiger partial charge in [0, 0.05) is 12.2 Å². The largest absolute Gasteiger partial charge is 0.480 e. The van der Waals surface area contributed by atoms with E-state index in [4.69, 9.17) is 0 Å². The number of fused-ring (bicyclic) bond motifs is 1. The highest BCUT2D eigenvalue weighted by molar-refractivity contribution is 7.17. The molecule has 0 saturated heterocycles. The van der Waals surface area contributed by atoms with Crippen LogP contribution in [-0.2, 0) is 4.79 Å². The summed E-state index contributed by atoms with van der Waals surface area (Å²) in [5.74, 6) is -0.454. The molecule has 0 fully saturated rings. The number of nitrogens with zero attached hydrogens (tertiary/aromatic N) is 1. The molecule has 2 rings (SSSR count). The van der Waals surface area contributed by atoms with Crippen molar-refractivity contribution in [2.75, 3.05) is 0 Å². The molecule has 5 heteroatoms. The van der Waals surface area contributed by atoms with Crippen molar-refractivity contribution in [2.45, 2.75) is 39.3 Å². The lowest BCUT2D eigenvalue weighted by Crippen LogP contribution is -2.39. The van der Waals surface area contributed by atoms with Gasteiger partial charge in [0.15, 0.2) is 0 Å². The Balaban J connectivity index is 2.12. The molecule has 2 unspecified atom stereocenters. The van der Waals surface area contributed by atoms with Gasteiger partial charge in [-0.25, -0.2) is 0 Å². The molecule has 0 amide bonds. The molecular formula is C15H20N2O2S. The van der Waals surface area contributed by atoms with Gasteiger partial charge in [-0.1, -0.05) is 13.8 Å². The predicted molar refractivity (Wildman–Crippen MR) is 82.0 cm³/mol. The Hall–Kier alpha value is -1.46. The normalized spacial score (nSPS) is 14.6. The van der Waals surface area contributed by atoms with Crippen molar-refractivity contribution in [3.05, 3.63) is 29.3 Å². The molecule has 0 bridgehead atoms. The van der Waals surface area contributed by atoms with Gasteiger partial charge in [0.25, 0.3) is 0 Å². The zero-order valence-corrected chi connectivity index (χ0v) is 12.8. The van der Waals surface area contributed by atoms with E-state index >= 15 is 0 Å². The summed E-state index contributed by atoms with van der Waals surface area (Å²) in [6.07, 6.45) is 2.44. The molecule has 2 N–H and O–H groups in total. The first-order valence-electron chi connectivity index (χ1n) is 6.79. The van der Waals surface area contributed by atoms with E-state index in [2.05, 4.69) is 16.4 Å². The van der Waals surface area contributed by atoms with Crippen LogP contribution in [0.3, 0.4) is 0 Å². The molecule has 0 aliphatic rings. The predicted octanol–water partition coefficient (Wildman–Crippen LogP) is 3.45. The Morgan fingerprint density at radius 3 is 2.85 bits per heavy atom. The Morgan fingerprint density at radius 2 is 2.20 bits per heavy atom. The molecule has 2 heterocycles. The summed E-state index contributed by atoms with van der Waals surface area (Å²) in [5, 5.41) is 14.5. The zero-order chi connectivity index (χ0) is 14.7. The summed E-state index contributed by atoms with van der Waals surface area (Å²) in [6.45, 7) is 6.04. The minimum atomic E-state index is -0.796. The first-order chi connectivity index (χ1) is 9.47. The summed E-state index contributed by atoms with van der Waals surface area (Å²) in [4.78, 5) is 15.7. The summed E-state index contributed by atoms with van der Waals surface area (Å²) in [5.41, 5.74) is 2.01. The third kappa shape index (κ3) is 3.55. The van der Waals surface area contributed by atoms with E-state index in [1.165, 1.54) is 0 Å². The van der Waals surface area contributed by atoms with Crippen molar-refractivity contribution in [3.8, 4) is 0 Å². The third-order valence-electron chi connectivity index (χ3n) is 3.28. The lowest BCUT2D eigenvalue weighted by Gasteiger charge is -2.21. The number of pyridine rings is 1. The Morgan fingerprint density at radius 1 is 1.45 bits per heavy atom. The van der Waals surface area contributed by atoms with Gasteiger partial charge < -0.3 is 5.11 Å². The van der Waals surface area contributed by atoms with Crippen LogP contribution in [0.4, 0.5) is 0 Å². The minimum Gasteiger partial charge on any atom is -0.480 e. The van der Waals surface area contributed by atoms with Gasteiger partial charge in [-0.15, -0.1) is 11.3 Å². The van der Waals surface area contributed by atoms with Crippen LogP contribution in [0.15, 0.2) is 23.7 Å². The van der Waals surface area contributed by atoms with Crippen LogP contribution < -0.4 is 5.32 Å². The molecule has 20 heavy (non-hydrogen) atoms. The van der Waals surface area contributed by atoms with Crippen molar-refractivity contribution in [2.24, 2.45) is 5.92 Å². The second-order valence-corrected chi connectivity index (χ2v) is 6.43. The van der Waals surface area contributed by atoms with Gasteiger partial charge in [-0.05, 0) is 42.3 Å². The SMILES string of the molecule is CC(C)CC(NC(C)c1cnc2ccsc2c1)C(=O)O. The lowest BCUT2D eigenvalue weighted by molar-refractivity contribution is -0.140. The summed E-state index contributed by atoms with van der Waals surface area (Å²) in [6, 6.07) is 3.51. The summed E-state index contributed by atoms with van der Waals surface area (Å²) >= 11 is 1.65. The van der Waals surface area contributed by atoms with Gasteiger partial charge in [0.05, 0.1) is 10.2 Å². The number of carbonyl (C=O) groups is 1. The Bertz CT molecular complexity index is 594. The van der Waals surface area contributed by atoms with Gasteiger partial charge in [0.2, 0.25) is 0 Å². The van der Waals surface area contributed by atoms with Crippen LogP contribution in [0.1, 0.15) is 38.8 Å². The maximum atomic E-state index is 11.3. The van der Waals surface area contributed by atoms with Gasteiger partial charge in [-0.2, -0.15) is 0 Å². The molecular weight excluding hydrogens is 272 g/mol. The number of aromatic nitrogens is 1. The van der Waals surface area contributed by atoms with Crippen molar-refractivity contribution in [3.63, 3.8) is 0 Å². The van der Waals surface area contributed by atoms with Gasteiger partial charge in [0.1, 0.15) is 6.04 Å². The number of nitrogens with one attached hydrogen (secondary N) is 1. The Labute approximate surface area is 122 Å². The first-order valence-corrected chi connectivity index (χ1v) is 7.67. The number of thiophene rings is 1. The number of aliphatic carboxylic acids is 1. The molecule has 0 aliphatic carbocycles.